The van der Waals surface area contributed by atoms with Crippen LogP contribution in [0.4, 0.5) is 5.69 Å². The van der Waals surface area contributed by atoms with E-state index in [9.17, 15) is 4.79 Å². The van der Waals surface area contributed by atoms with Crippen molar-refractivity contribution in [2.45, 2.75) is 26.7 Å². The molecule has 0 amide bonds. The highest BCUT2D eigenvalue weighted by atomic mass is 35.5. The molecule has 0 heterocycles. The van der Waals surface area contributed by atoms with E-state index < -0.39 is 0 Å². The van der Waals surface area contributed by atoms with E-state index in [2.05, 4.69) is 10.5 Å². The Labute approximate surface area is 121 Å². The first-order chi connectivity index (χ1) is 8.45. The largest absolute Gasteiger partial charge is 0.291 e. The van der Waals surface area contributed by atoms with Crippen LogP contribution in [-0.4, -0.2) is 11.0 Å². The predicted molar refractivity (Wildman–Crippen MR) is 78.0 cm³/mol. The molecule has 1 aromatic carbocycles. The molecule has 0 unspecified atom stereocenters. The fourth-order valence-electron chi connectivity index (χ4n) is 1.26. The number of benzene rings is 1. The molecule has 0 aliphatic carbocycles. The van der Waals surface area contributed by atoms with Crippen LogP contribution < -0.4 is 5.43 Å². The number of nitrogens with one attached hydrogen (secondary N) is 1. The molecule has 0 spiro atoms. The zero-order chi connectivity index (χ0) is 13.7. The Bertz CT molecular complexity index is 486. The molecule has 0 radical (unpaired) electrons. The van der Waals surface area contributed by atoms with E-state index >= 15 is 0 Å². The lowest BCUT2D eigenvalue weighted by Gasteiger charge is -2.07. The Kier molecular flexibility index (Phi) is 5.93. The lowest BCUT2D eigenvalue weighted by atomic mass is 10.2. The molecule has 0 bridgehead atoms. The Morgan fingerprint density at radius 3 is 2.67 bits per heavy atom. The van der Waals surface area contributed by atoms with E-state index in [4.69, 9.17) is 34.8 Å². The fraction of sp³-hybridized carbons (Fsp3) is 0.333. The predicted octanol–water partition coefficient (Wildman–Crippen LogP) is 4.64. The van der Waals surface area contributed by atoms with Crippen molar-refractivity contribution in [1.82, 2.24) is 0 Å². The standard InChI is InChI=1S/C12H13Cl3N2O/c1-3-4-11(18)12(15)17-16-10-6-8(13)5-9(14)7(10)2/h5-6,16H,3-4H2,1-2H3. The molecule has 0 aliphatic rings. The summed E-state index contributed by atoms with van der Waals surface area (Å²) in [6.07, 6.45) is 1.10. The highest BCUT2D eigenvalue weighted by Crippen LogP contribution is 2.28. The second-order valence-corrected chi connectivity index (χ2v) is 4.95. The molecule has 6 heteroatoms. The van der Waals surface area contributed by atoms with Gasteiger partial charge >= 0.3 is 0 Å². The van der Waals surface area contributed by atoms with Gasteiger partial charge in [-0.2, -0.15) is 5.10 Å². The summed E-state index contributed by atoms with van der Waals surface area (Å²) in [6, 6.07) is 3.30. The summed E-state index contributed by atoms with van der Waals surface area (Å²) in [7, 11) is 0. The molecule has 0 saturated heterocycles. The normalized spacial score (nSPS) is 11.5. The molecule has 0 aromatic heterocycles. The first kappa shape index (κ1) is 15.3. The van der Waals surface area contributed by atoms with E-state index in [-0.39, 0.29) is 11.0 Å². The number of carbonyl (C=O) groups excluding carboxylic acids is 1. The van der Waals surface area contributed by atoms with Crippen molar-refractivity contribution in [2.75, 3.05) is 5.43 Å². The summed E-state index contributed by atoms with van der Waals surface area (Å²) in [5.74, 6) is -0.197. The minimum atomic E-state index is -0.197. The summed E-state index contributed by atoms with van der Waals surface area (Å²) < 4.78 is 0. The Hall–Kier alpha value is -0.770. The van der Waals surface area contributed by atoms with Crippen LogP contribution in [-0.2, 0) is 4.79 Å². The van der Waals surface area contributed by atoms with Gasteiger partial charge in [0.25, 0.3) is 0 Å². The van der Waals surface area contributed by atoms with E-state index in [0.29, 0.717) is 22.2 Å². The maximum Gasteiger partial charge on any atom is 0.194 e. The SMILES string of the molecule is CCCC(=O)C(Cl)=NNc1cc(Cl)cc(Cl)c1C. The van der Waals surface area contributed by atoms with Gasteiger partial charge in [-0.15, -0.1) is 0 Å². The van der Waals surface area contributed by atoms with Gasteiger partial charge in [0, 0.05) is 16.5 Å². The summed E-state index contributed by atoms with van der Waals surface area (Å²) in [5, 5.41) is 4.75. The van der Waals surface area contributed by atoms with E-state index in [1.165, 1.54) is 0 Å². The molecule has 3 nitrogen and oxygen atoms in total. The quantitative estimate of drug-likeness (QED) is 0.636. The summed E-state index contributed by atoms with van der Waals surface area (Å²) in [6.45, 7) is 3.72. The van der Waals surface area contributed by atoms with Crippen molar-refractivity contribution in [1.29, 1.82) is 0 Å². The lowest BCUT2D eigenvalue weighted by Crippen LogP contribution is -2.09. The number of rotatable bonds is 5. The third kappa shape index (κ3) is 4.16. The highest BCUT2D eigenvalue weighted by molar-refractivity contribution is 6.83. The summed E-state index contributed by atoms with van der Waals surface area (Å²) in [5.41, 5.74) is 4.11. The van der Waals surface area contributed by atoms with Gasteiger partial charge in [-0.3, -0.25) is 10.2 Å². The van der Waals surface area contributed by atoms with E-state index in [0.717, 1.165) is 12.0 Å². The number of carbonyl (C=O) groups is 1. The molecule has 1 aromatic rings. The van der Waals surface area contributed by atoms with Crippen LogP contribution in [0.15, 0.2) is 17.2 Å². The summed E-state index contributed by atoms with van der Waals surface area (Å²) in [4.78, 5) is 11.4. The van der Waals surface area contributed by atoms with Crippen molar-refractivity contribution in [3.63, 3.8) is 0 Å². The minimum absolute atomic E-state index is 0.0765. The average Bonchev–Trinajstić information content (AvgIpc) is 2.31. The van der Waals surface area contributed by atoms with Crippen LogP contribution in [0.25, 0.3) is 0 Å². The first-order valence-electron chi connectivity index (χ1n) is 5.43. The second kappa shape index (κ2) is 6.98. The molecule has 0 atom stereocenters. The Morgan fingerprint density at radius 2 is 2.06 bits per heavy atom. The van der Waals surface area contributed by atoms with Crippen LogP contribution in [0.5, 0.6) is 0 Å². The number of Topliss-reactive ketones (excluding diaryl/α,β-unsaturated/α-hetero) is 1. The third-order valence-corrected chi connectivity index (χ3v) is 3.20. The number of hydrogen-bond donors (Lipinski definition) is 1. The first-order valence-corrected chi connectivity index (χ1v) is 6.57. The van der Waals surface area contributed by atoms with Gasteiger partial charge in [-0.25, -0.2) is 0 Å². The number of nitrogens with zero attached hydrogens (tertiary/aromatic N) is 1. The minimum Gasteiger partial charge on any atom is -0.291 e. The number of hydrogen-bond acceptors (Lipinski definition) is 3. The van der Waals surface area contributed by atoms with Crippen LogP contribution >= 0.6 is 34.8 Å². The number of hydrazone groups is 1. The number of halogens is 3. The molecule has 18 heavy (non-hydrogen) atoms. The average molecular weight is 308 g/mol. The topological polar surface area (TPSA) is 41.5 Å². The van der Waals surface area contributed by atoms with Gasteiger partial charge in [-0.05, 0) is 31.0 Å². The third-order valence-electron chi connectivity index (χ3n) is 2.29. The van der Waals surface area contributed by atoms with Crippen molar-refractivity contribution < 1.29 is 4.79 Å². The van der Waals surface area contributed by atoms with Crippen LogP contribution in [0.2, 0.25) is 10.0 Å². The Morgan fingerprint density at radius 1 is 1.39 bits per heavy atom. The molecule has 0 saturated carbocycles. The van der Waals surface area contributed by atoms with Crippen LogP contribution in [0, 0.1) is 6.92 Å². The van der Waals surface area contributed by atoms with Crippen molar-refractivity contribution >= 4 is 51.4 Å². The lowest BCUT2D eigenvalue weighted by molar-refractivity contribution is -0.112. The van der Waals surface area contributed by atoms with Crippen molar-refractivity contribution in [2.24, 2.45) is 5.10 Å². The molecule has 1 rings (SSSR count). The van der Waals surface area contributed by atoms with E-state index in [1.54, 1.807) is 12.1 Å². The number of ketones is 1. The molecule has 98 valence electrons. The van der Waals surface area contributed by atoms with Gasteiger partial charge in [0.15, 0.2) is 11.0 Å². The molecular weight excluding hydrogens is 295 g/mol. The number of anilines is 1. The van der Waals surface area contributed by atoms with Gasteiger partial charge in [-0.1, -0.05) is 41.7 Å². The highest BCUT2D eigenvalue weighted by Gasteiger charge is 2.08. The zero-order valence-corrected chi connectivity index (χ0v) is 12.3. The van der Waals surface area contributed by atoms with Crippen LogP contribution in [0.1, 0.15) is 25.3 Å². The van der Waals surface area contributed by atoms with Gasteiger partial charge in [0.05, 0.1) is 5.69 Å². The molecular formula is C12H13Cl3N2O. The van der Waals surface area contributed by atoms with Crippen LogP contribution in [0.3, 0.4) is 0 Å². The van der Waals surface area contributed by atoms with Crippen molar-refractivity contribution in [3.05, 3.63) is 27.7 Å². The molecule has 1 N–H and O–H groups in total. The molecule has 0 fully saturated rings. The fourth-order valence-corrected chi connectivity index (χ4v) is 1.89. The monoisotopic (exact) mass is 306 g/mol. The Balaban J connectivity index is 2.86. The smallest absolute Gasteiger partial charge is 0.194 e. The van der Waals surface area contributed by atoms with Crippen molar-refractivity contribution in [3.8, 4) is 0 Å². The van der Waals surface area contributed by atoms with Gasteiger partial charge in [0.1, 0.15) is 0 Å². The second-order valence-electron chi connectivity index (χ2n) is 3.75. The van der Waals surface area contributed by atoms with E-state index in [1.807, 2.05) is 13.8 Å². The summed E-state index contributed by atoms with van der Waals surface area (Å²) >= 11 is 17.6. The van der Waals surface area contributed by atoms with Gasteiger partial charge < -0.3 is 0 Å². The zero-order valence-electron chi connectivity index (χ0n) is 10.1. The molecule has 0 aliphatic heterocycles. The maximum absolute atomic E-state index is 11.4. The van der Waals surface area contributed by atoms with Gasteiger partial charge in [0.2, 0.25) is 0 Å². The maximum atomic E-state index is 11.4.